The molecule has 46 heavy (non-hydrogen) atoms. The molecular formula is C29H42N6O11. The first-order valence-electron chi connectivity index (χ1n) is 14.4. The Bertz CT molecular complexity index is 1270. The molecule has 1 rings (SSSR count). The fraction of sp³-hybridized carbons (Fsp3) is 0.517. The molecule has 0 heterocycles. The first-order valence-corrected chi connectivity index (χ1v) is 14.4. The molecule has 0 unspecified atom stereocenters. The van der Waals surface area contributed by atoms with E-state index in [2.05, 4.69) is 26.6 Å². The zero-order valence-electron chi connectivity index (χ0n) is 25.9. The van der Waals surface area contributed by atoms with Crippen molar-refractivity contribution < 1.29 is 53.7 Å². The highest BCUT2D eigenvalue weighted by atomic mass is 16.4. The van der Waals surface area contributed by atoms with E-state index >= 15 is 0 Å². The fourth-order valence-corrected chi connectivity index (χ4v) is 4.00. The molecule has 0 radical (unpaired) electrons. The largest absolute Gasteiger partial charge is 0.481 e. The Kier molecular flexibility index (Phi) is 15.8. The third-order valence-corrected chi connectivity index (χ3v) is 6.66. The molecule has 0 saturated heterocycles. The highest BCUT2D eigenvalue weighted by molar-refractivity contribution is 5.96. The zero-order chi connectivity index (χ0) is 35.1. The van der Waals surface area contributed by atoms with Crippen molar-refractivity contribution in [2.45, 2.75) is 89.6 Å². The molecule has 17 nitrogen and oxygen atoms in total. The summed E-state index contributed by atoms with van der Waals surface area (Å²) in [6.45, 7) is 5.79. The number of hydrogen-bond acceptors (Lipinski definition) is 9. The van der Waals surface area contributed by atoms with Gasteiger partial charge in [0.15, 0.2) is 0 Å². The van der Waals surface area contributed by atoms with Gasteiger partial charge in [0.25, 0.3) is 0 Å². The number of carboxylic acid groups (broad SMARTS) is 3. The highest BCUT2D eigenvalue weighted by Crippen LogP contribution is 2.07. The number of amides is 5. The summed E-state index contributed by atoms with van der Waals surface area (Å²) < 4.78 is 0. The van der Waals surface area contributed by atoms with Crippen LogP contribution in [0.4, 0.5) is 0 Å². The van der Waals surface area contributed by atoms with Crippen LogP contribution in [0.25, 0.3) is 0 Å². The molecule has 0 aromatic heterocycles. The SMILES string of the molecule is CC(C)[C@H](NC(=O)[C@H](Cc1ccccc1)NC(=O)[C@H](C)NC(=O)[C@H](C)NC(=O)[C@H](CCC(=O)O)NC(=O)[C@@H](N)CC(=O)O)C(=O)O. The number of nitrogens with one attached hydrogen (secondary N) is 5. The van der Waals surface area contributed by atoms with Crippen LogP contribution in [-0.2, 0) is 44.8 Å². The van der Waals surface area contributed by atoms with Gasteiger partial charge >= 0.3 is 17.9 Å². The minimum atomic E-state index is -1.52. The van der Waals surface area contributed by atoms with Crippen LogP contribution in [0.15, 0.2) is 30.3 Å². The zero-order valence-corrected chi connectivity index (χ0v) is 25.9. The van der Waals surface area contributed by atoms with Crippen LogP contribution in [0, 0.1) is 5.92 Å². The average molecular weight is 651 g/mol. The van der Waals surface area contributed by atoms with Gasteiger partial charge in [0, 0.05) is 12.8 Å². The van der Waals surface area contributed by atoms with Crippen molar-refractivity contribution in [1.82, 2.24) is 26.6 Å². The number of aliphatic carboxylic acids is 3. The van der Waals surface area contributed by atoms with Gasteiger partial charge in [0.05, 0.1) is 12.5 Å². The van der Waals surface area contributed by atoms with Crippen LogP contribution in [-0.4, -0.2) is 99.0 Å². The van der Waals surface area contributed by atoms with E-state index in [1.165, 1.54) is 13.8 Å². The molecule has 254 valence electrons. The molecule has 5 amide bonds. The molecule has 10 N–H and O–H groups in total. The number of carboxylic acids is 3. The summed E-state index contributed by atoms with van der Waals surface area (Å²) in [6, 6.07) is 0.658. The molecule has 0 aliphatic carbocycles. The van der Waals surface area contributed by atoms with Crippen LogP contribution in [0.1, 0.15) is 52.5 Å². The Labute approximate surface area is 265 Å². The lowest BCUT2D eigenvalue weighted by molar-refractivity contribution is -0.143. The van der Waals surface area contributed by atoms with Gasteiger partial charge in [-0.3, -0.25) is 33.6 Å². The van der Waals surface area contributed by atoms with Crippen molar-refractivity contribution in [1.29, 1.82) is 0 Å². The van der Waals surface area contributed by atoms with Crippen molar-refractivity contribution in [3.05, 3.63) is 35.9 Å². The smallest absolute Gasteiger partial charge is 0.326 e. The van der Waals surface area contributed by atoms with E-state index in [0.717, 1.165) is 0 Å². The lowest BCUT2D eigenvalue weighted by Crippen LogP contribution is -2.58. The van der Waals surface area contributed by atoms with Crippen molar-refractivity contribution >= 4 is 47.4 Å². The molecule has 0 fully saturated rings. The van der Waals surface area contributed by atoms with Crippen molar-refractivity contribution in [3.63, 3.8) is 0 Å². The molecule has 6 atom stereocenters. The summed E-state index contributed by atoms with van der Waals surface area (Å²) in [7, 11) is 0. The maximum Gasteiger partial charge on any atom is 0.326 e. The van der Waals surface area contributed by atoms with E-state index in [-0.39, 0.29) is 6.42 Å². The second-order valence-electron chi connectivity index (χ2n) is 11.0. The van der Waals surface area contributed by atoms with Crippen molar-refractivity contribution in [2.75, 3.05) is 0 Å². The van der Waals surface area contributed by atoms with Crippen LogP contribution in [0.5, 0.6) is 0 Å². The van der Waals surface area contributed by atoms with Crippen LogP contribution in [0.3, 0.4) is 0 Å². The second kappa shape index (κ2) is 18.7. The number of carbonyl (C=O) groups excluding carboxylic acids is 5. The van der Waals surface area contributed by atoms with Crippen molar-refractivity contribution in [3.8, 4) is 0 Å². The van der Waals surface area contributed by atoms with Gasteiger partial charge in [-0.2, -0.15) is 0 Å². The molecule has 17 heteroatoms. The second-order valence-corrected chi connectivity index (χ2v) is 11.0. The van der Waals surface area contributed by atoms with E-state index in [1.807, 2.05) is 0 Å². The molecule has 0 saturated carbocycles. The van der Waals surface area contributed by atoms with Gasteiger partial charge in [-0.1, -0.05) is 44.2 Å². The molecule has 1 aromatic rings. The van der Waals surface area contributed by atoms with Crippen LogP contribution < -0.4 is 32.3 Å². The van der Waals surface area contributed by atoms with Gasteiger partial charge in [0.2, 0.25) is 29.5 Å². The number of hydrogen-bond donors (Lipinski definition) is 9. The average Bonchev–Trinajstić information content (AvgIpc) is 2.96. The van der Waals surface area contributed by atoms with E-state index in [1.54, 1.807) is 44.2 Å². The predicted octanol–water partition coefficient (Wildman–Crippen LogP) is -1.90. The Balaban J connectivity index is 2.95. The minimum absolute atomic E-state index is 0.00947. The van der Waals surface area contributed by atoms with Gasteiger partial charge in [-0.05, 0) is 31.7 Å². The third-order valence-electron chi connectivity index (χ3n) is 6.66. The van der Waals surface area contributed by atoms with E-state index < -0.39 is 109 Å². The maximum absolute atomic E-state index is 13.1. The van der Waals surface area contributed by atoms with E-state index in [9.17, 15) is 43.5 Å². The molecule has 0 aliphatic heterocycles. The molecule has 0 spiro atoms. The predicted molar refractivity (Wildman–Crippen MR) is 161 cm³/mol. The number of carbonyl (C=O) groups is 8. The summed E-state index contributed by atoms with van der Waals surface area (Å²) in [5, 5.41) is 39.1. The number of benzene rings is 1. The normalized spacial score (nSPS) is 14.7. The molecule has 0 aliphatic rings. The first-order chi connectivity index (χ1) is 21.4. The maximum atomic E-state index is 13.1. The minimum Gasteiger partial charge on any atom is -0.481 e. The monoisotopic (exact) mass is 650 g/mol. The number of nitrogens with two attached hydrogens (primary N) is 1. The summed E-state index contributed by atoms with van der Waals surface area (Å²) in [4.78, 5) is 97.5. The Morgan fingerprint density at radius 3 is 1.65 bits per heavy atom. The summed E-state index contributed by atoms with van der Waals surface area (Å²) >= 11 is 0. The quantitative estimate of drug-likeness (QED) is 0.0794. The van der Waals surface area contributed by atoms with Gasteiger partial charge < -0.3 is 47.6 Å². The van der Waals surface area contributed by atoms with E-state index in [4.69, 9.17) is 15.9 Å². The summed E-state index contributed by atoms with van der Waals surface area (Å²) in [6.07, 6.45) is -1.68. The number of rotatable bonds is 19. The summed E-state index contributed by atoms with van der Waals surface area (Å²) in [5.41, 5.74) is 6.17. The lowest BCUT2D eigenvalue weighted by atomic mass is 10.0. The van der Waals surface area contributed by atoms with Gasteiger partial charge in [-0.15, -0.1) is 0 Å². The fourth-order valence-electron chi connectivity index (χ4n) is 4.00. The van der Waals surface area contributed by atoms with Gasteiger partial charge in [-0.25, -0.2) is 4.79 Å². The highest BCUT2D eigenvalue weighted by Gasteiger charge is 2.31. The third kappa shape index (κ3) is 13.7. The Morgan fingerprint density at radius 1 is 0.652 bits per heavy atom. The van der Waals surface area contributed by atoms with Crippen molar-refractivity contribution in [2.24, 2.45) is 11.7 Å². The topological polar surface area (TPSA) is 283 Å². The first kappa shape index (κ1) is 39.0. The lowest BCUT2D eigenvalue weighted by Gasteiger charge is -2.25. The van der Waals surface area contributed by atoms with Gasteiger partial charge in [0.1, 0.15) is 30.2 Å². The molecule has 1 aromatic carbocycles. The Morgan fingerprint density at radius 2 is 1.15 bits per heavy atom. The standard InChI is InChI=1S/C29H42N6O11/c1-14(2)23(29(45)46)35-28(44)20(12-17-8-6-5-7-9-17)34-25(41)16(4)31-24(40)15(3)32-27(43)19(10-11-21(36)37)33-26(42)18(30)13-22(38)39/h5-9,14-16,18-20,23H,10-13,30H2,1-4H3,(H,31,40)(H,32,43)(H,33,42)(H,34,41)(H,35,44)(H,36,37)(H,38,39)(H,45,46)/t15-,16-,18-,19-,20-,23-/m0/s1. The van der Waals surface area contributed by atoms with E-state index in [0.29, 0.717) is 5.56 Å². The van der Waals surface area contributed by atoms with Crippen LogP contribution in [0.2, 0.25) is 0 Å². The summed E-state index contributed by atoms with van der Waals surface area (Å²) in [5.74, 6) is -8.74. The Hall–Kier alpha value is -5.06. The molecular weight excluding hydrogens is 608 g/mol. The van der Waals surface area contributed by atoms with Crippen LogP contribution >= 0.6 is 0 Å². The molecule has 0 bridgehead atoms.